The second kappa shape index (κ2) is 8.07. The summed E-state index contributed by atoms with van der Waals surface area (Å²) in [4.78, 5) is 24.2. The molecule has 6 heteroatoms. The van der Waals surface area contributed by atoms with Gasteiger partial charge in [0.1, 0.15) is 5.69 Å². The van der Waals surface area contributed by atoms with Crippen LogP contribution in [0, 0.1) is 13.8 Å². The van der Waals surface area contributed by atoms with Crippen LogP contribution in [0.25, 0.3) is 10.9 Å². The summed E-state index contributed by atoms with van der Waals surface area (Å²) in [5.74, 6) is -1.25. The van der Waals surface area contributed by atoms with Crippen molar-refractivity contribution in [1.29, 1.82) is 0 Å². The lowest BCUT2D eigenvalue weighted by molar-refractivity contribution is -0.137. The number of amides is 1. The minimum atomic E-state index is -0.945. The van der Waals surface area contributed by atoms with E-state index >= 15 is 0 Å². The van der Waals surface area contributed by atoms with Crippen LogP contribution in [0.5, 0.6) is 0 Å². The standard InChI is InChI=1S/C22H23ClN2O3/c1-13-4-5-15(14(2)8-13)10-18(12-21(26)27)24-22(28)20-11-16-9-17(23)6-7-19(16)25(20)3/h4-9,11,18H,10,12H2,1-3H3,(H,24,28)(H,26,27). The monoisotopic (exact) mass is 398 g/mol. The summed E-state index contributed by atoms with van der Waals surface area (Å²) in [7, 11) is 1.81. The molecule has 1 amide bonds. The van der Waals surface area contributed by atoms with E-state index in [1.807, 2.05) is 39.1 Å². The maximum absolute atomic E-state index is 12.9. The number of nitrogens with one attached hydrogen (secondary N) is 1. The summed E-state index contributed by atoms with van der Waals surface area (Å²) in [6.07, 6.45) is 0.314. The van der Waals surface area contributed by atoms with Gasteiger partial charge in [0.25, 0.3) is 5.91 Å². The highest BCUT2D eigenvalue weighted by atomic mass is 35.5. The molecule has 0 aliphatic rings. The number of rotatable bonds is 6. The number of aromatic nitrogens is 1. The second-order valence-electron chi connectivity index (χ2n) is 7.19. The third kappa shape index (κ3) is 4.37. The van der Waals surface area contributed by atoms with Crippen molar-refractivity contribution in [3.63, 3.8) is 0 Å². The molecule has 0 fully saturated rings. The summed E-state index contributed by atoms with van der Waals surface area (Å²) in [6, 6.07) is 12.7. The average molecular weight is 399 g/mol. The van der Waals surface area contributed by atoms with Gasteiger partial charge in [-0.2, -0.15) is 0 Å². The third-order valence-corrected chi connectivity index (χ3v) is 5.19. The third-order valence-electron chi connectivity index (χ3n) is 4.96. The Labute approximate surface area is 168 Å². The van der Waals surface area contributed by atoms with E-state index in [1.165, 1.54) is 0 Å². The van der Waals surface area contributed by atoms with Crippen LogP contribution in [0.3, 0.4) is 0 Å². The first-order valence-electron chi connectivity index (χ1n) is 9.08. The number of carbonyl (C=O) groups is 2. The first kappa shape index (κ1) is 20.0. The topological polar surface area (TPSA) is 71.3 Å². The van der Waals surface area contributed by atoms with Crippen LogP contribution in [0.4, 0.5) is 0 Å². The number of carboxylic acids is 1. The Morgan fingerprint density at radius 3 is 2.57 bits per heavy atom. The van der Waals surface area contributed by atoms with Crippen LogP contribution in [0.2, 0.25) is 5.02 Å². The van der Waals surface area contributed by atoms with Gasteiger partial charge in [0.05, 0.1) is 6.42 Å². The number of carbonyl (C=O) groups excluding carboxylic acids is 1. The fourth-order valence-electron chi connectivity index (χ4n) is 3.52. The molecule has 0 aliphatic carbocycles. The van der Waals surface area contributed by atoms with E-state index in [0.29, 0.717) is 17.1 Å². The molecule has 0 saturated carbocycles. The molecule has 2 N–H and O–H groups in total. The molecule has 1 heterocycles. The highest BCUT2D eigenvalue weighted by Gasteiger charge is 2.21. The molecule has 0 aliphatic heterocycles. The SMILES string of the molecule is Cc1ccc(CC(CC(=O)O)NC(=O)c2cc3cc(Cl)ccc3n2C)c(C)c1. The van der Waals surface area contributed by atoms with Crippen LogP contribution >= 0.6 is 11.6 Å². The zero-order valence-electron chi connectivity index (χ0n) is 16.1. The fourth-order valence-corrected chi connectivity index (χ4v) is 3.70. The fraction of sp³-hybridized carbons (Fsp3) is 0.273. The van der Waals surface area contributed by atoms with Gasteiger partial charge in [0.2, 0.25) is 0 Å². The first-order chi connectivity index (χ1) is 13.2. The highest BCUT2D eigenvalue weighted by Crippen LogP contribution is 2.23. The van der Waals surface area contributed by atoms with E-state index in [0.717, 1.165) is 27.6 Å². The zero-order valence-corrected chi connectivity index (χ0v) is 16.9. The molecule has 0 radical (unpaired) electrons. The van der Waals surface area contributed by atoms with Crippen molar-refractivity contribution in [2.24, 2.45) is 7.05 Å². The maximum atomic E-state index is 12.9. The Balaban J connectivity index is 1.85. The molecule has 2 aromatic carbocycles. The molecular formula is C22H23ClN2O3. The number of benzene rings is 2. The van der Waals surface area contributed by atoms with Crippen LogP contribution in [-0.4, -0.2) is 27.6 Å². The number of aliphatic carboxylic acids is 1. The first-order valence-corrected chi connectivity index (χ1v) is 9.46. The quantitative estimate of drug-likeness (QED) is 0.651. The van der Waals surface area contributed by atoms with E-state index in [9.17, 15) is 14.7 Å². The Hall–Kier alpha value is -2.79. The summed E-state index contributed by atoms with van der Waals surface area (Å²) in [5, 5.41) is 13.7. The number of halogens is 1. The molecule has 3 aromatic rings. The van der Waals surface area contributed by atoms with Gasteiger partial charge < -0.3 is 15.0 Å². The number of hydrogen-bond acceptors (Lipinski definition) is 2. The molecule has 0 spiro atoms. The van der Waals surface area contributed by atoms with Gasteiger partial charge in [-0.15, -0.1) is 0 Å². The molecule has 3 rings (SSSR count). The van der Waals surface area contributed by atoms with E-state index < -0.39 is 12.0 Å². The van der Waals surface area contributed by atoms with Crippen molar-refractivity contribution in [2.75, 3.05) is 0 Å². The summed E-state index contributed by atoms with van der Waals surface area (Å²) >= 11 is 6.04. The predicted octanol–water partition coefficient (Wildman–Crippen LogP) is 4.26. The van der Waals surface area contributed by atoms with E-state index in [1.54, 1.807) is 22.8 Å². The molecule has 0 saturated heterocycles. The van der Waals surface area contributed by atoms with Crippen LogP contribution in [-0.2, 0) is 18.3 Å². The Morgan fingerprint density at radius 2 is 1.89 bits per heavy atom. The molecule has 1 aromatic heterocycles. The van der Waals surface area contributed by atoms with Crippen molar-refractivity contribution in [1.82, 2.24) is 9.88 Å². The van der Waals surface area contributed by atoms with E-state index in [-0.39, 0.29) is 12.3 Å². The molecule has 0 bridgehead atoms. The lowest BCUT2D eigenvalue weighted by Gasteiger charge is -2.19. The minimum Gasteiger partial charge on any atom is -0.481 e. The van der Waals surface area contributed by atoms with E-state index in [4.69, 9.17) is 11.6 Å². The second-order valence-corrected chi connectivity index (χ2v) is 7.63. The van der Waals surface area contributed by atoms with Gasteiger partial charge >= 0.3 is 5.97 Å². The lowest BCUT2D eigenvalue weighted by atomic mass is 9.97. The Morgan fingerprint density at radius 1 is 1.14 bits per heavy atom. The molecular weight excluding hydrogens is 376 g/mol. The van der Waals surface area contributed by atoms with E-state index in [2.05, 4.69) is 11.4 Å². The largest absolute Gasteiger partial charge is 0.481 e. The van der Waals surface area contributed by atoms with Crippen molar-refractivity contribution < 1.29 is 14.7 Å². The smallest absolute Gasteiger partial charge is 0.305 e. The molecule has 5 nitrogen and oxygen atoms in total. The van der Waals surface area contributed by atoms with Crippen molar-refractivity contribution in [2.45, 2.75) is 32.7 Å². The Kier molecular flexibility index (Phi) is 5.75. The average Bonchev–Trinajstić information content (AvgIpc) is 2.93. The van der Waals surface area contributed by atoms with Crippen molar-refractivity contribution in [3.05, 3.63) is 69.9 Å². The van der Waals surface area contributed by atoms with Crippen LogP contribution < -0.4 is 5.32 Å². The lowest BCUT2D eigenvalue weighted by Crippen LogP contribution is -2.39. The summed E-state index contributed by atoms with van der Waals surface area (Å²) in [5.41, 5.74) is 4.62. The summed E-state index contributed by atoms with van der Waals surface area (Å²) < 4.78 is 1.79. The van der Waals surface area contributed by atoms with Gasteiger partial charge in [-0.25, -0.2) is 0 Å². The Bertz CT molecular complexity index is 1060. The van der Waals surface area contributed by atoms with Gasteiger partial charge in [-0.05, 0) is 55.7 Å². The van der Waals surface area contributed by atoms with Crippen LogP contribution in [0.15, 0.2) is 42.5 Å². The van der Waals surface area contributed by atoms with Gasteiger partial charge in [0, 0.05) is 29.0 Å². The molecule has 1 atom stereocenters. The van der Waals surface area contributed by atoms with Gasteiger partial charge in [0.15, 0.2) is 0 Å². The van der Waals surface area contributed by atoms with Crippen LogP contribution in [0.1, 0.15) is 33.6 Å². The number of hydrogen-bond donors (Lipinski definition) is 2. The predicted molar refractivity (Wildman–Crippen MR) is 111 cm³/mol. The van der Waals surface area contributed by atoms with Crippen molar-refractivity contribution in [3.8, 4) is 0 Å². The number of fused-ring (bicyclic) bond motifs is 1. The summed E-state index contributed by atoms with van der Waals surface area (Å²) in [6.45, 7) is 4.01. The number of aryl methyl sites for hydroxylation is 3. The number of carboxylic acid groups (broad SMARTS) is 1. The van der Waals surface area contributed by atoms with Gasteiger partial charge in [-0.3, -0.25) is 9.59 Å². The highest BCUT2D eigenvalue weighted by molar-refractivity contribution is 6.31. The molecule has 146 valence electrons. The maximum Gasteiger partial charge on any atom is 0.305 e. The van der Waals surface area contributed by atoms with Gasteiger partial charge in [-0.1, -0.05) is 35.4 Å². The molecule has 28 heavy (non-hydrogen) atoms. The molecule has 1 unspecified atom stereocenters. The minimum absolute atomic E-state index is 0.144. The normalized spacial score (nSPS) is 12.1. The zero-order chi connectivity index (χ0) is 20.4. The number of nitrogens with zero attached hydrogens (tertiary/aromatic N) is 1. The van der Waals surface area contributed by atoms with Crippen molar-refractivity contribution >= 4 is 34.4 Å².